The first-order valence-electron chi connectivity index (χ1n) is 4.25. The van der Waals surface area contributed by atoms with E-state index in [0.717, 1.165) is 18.0 Å². The lowest BCUT2D eigenvalue weighted by molar-refractivity contribution is 0.112. The molecule has 0 saturated heterocycles. The number of anilines is 1. The second kappa shape index (κ2) is 4.37. The largest absolute Gasteiger partial charge is 0.351 e. The van der Waals surface area contributed by atoms with E-state index >= 15 is 0 Å². The molecule has 0 aliphatic heterocycles. The zero-order valence-electron chi connectivity index (χ0n) is 8.15. The zero-order valence-corrected chi connectivity index (χ0v) is 8.97. The van der Waals surface area contributed by atoms with Crippen molar-refractivity contribution in [1.82, 2.24) is 4.98 Å². The fourth-order valence-corrected chi connectivity index (χ4v) is 1.83. The first-order valence-corrected chi connectivity index (χ1v) is 5.07. The highest BCUT2D eigenvalue weighted by Gasteiger charge is 2.07. The van der Waals surface area contributed by atoms with Crippen molar-refractivity contribution >= 4 is 22.8 Å². The summed E-state index contributed by atoms with van der Waals surface area (Å²) >= 11 is 1.43. The molecule has 72 valence electrons. The molecular weight excluding hydrogens is 184 g/mol. The third-order valence-electron chi connectivity index (χ3n) is 1.59. The molecule has 4 heteroatoms. The maximum atomic E-state index is 10.4. The van der Waals surface area contributed by atoms with Gasteiger partial charge in [0, 0.05) is 13.6 Å². The highest BCUT2D eigenvalue weighted by molar-refractivity contribution is 7.17. The van der Waals surface area contributed by atoms with E-state index in [1.165, 1.54) is 11.3 Å². The Morgan fingerprint density at radius 2 is 2.38 bits per heavy atom. The van der Waals surface area contributed by atoms with Crippen LogP contribution >= 0.6 is 11.3 Å². The predicted octanol–water partition coefficient (Wildman–Crippen LogP) is 2.05. The van der Waals surface area contributed by atoms with Crippen LogP contribution in [0.25, 0.3) is 0 Å². The van der Waals surface area contributed by atoms with Crippen molar-refractivity contribution in [2.24, 2.45) is 5.92 Å². The number of aromatic nitrogens is 1. The van der Waals surface area contributed by atoms with Gasteiger partial charge in [0.25, 0.3) is 0 Å². The molecule has 13 heavy (non-hydrogen) atoms. The van der Waals surface area contributed by atoms with Gasteiger partial charge in [0.05, 0.1) is 11.1 Å². The molecular formula is C9H14N2OS. The molecule has 0 atom stereocenters. The number of aldehydes is 1. The van der Waals surface area contributed by atoms with Gasteiger partial charge in [-0.05, 0) is 5.92 Å². The standard InChI is InChI=1S/C9H14N2OS/c1-7(2)5-11(3)9-10-4-8(6-12)13-9/h4,6-7H,5H2,1-3H3. The quantitative estimate of drug-likeness (QED) is 0.694. The molecule has 3 nitrogen and oxygen atoms in total. The van der Waals surface area contributed by atoms with Crippen LogP contribution in [0, 0.1) is 5.92 Å². The van der Waals surface area contributed by atoms with Crippen LogP contribution in [0.1, 0.15) is 23.5 Å². The van der Waals surface area contributed by atoms with Crippen molar-refractivity contribution in [1.29, 1.82) is 0 Å². The summed E-state index contributed by atoms with van der Waals surface area (Å²) in [5.74, 6) is 0.605. The Bertz CT molecular complexity index is 283. The Labute approximate surface area is 82.4 Å². The number of thiazole rings is 1. The van der Waals surface area contributed by atoms with E-state index in [9.17, 15) is 4.79 Å². The molecule has 0 amide bonds. The molecule has 0 aliphatic carbocycles. The van der Waals surface area contributed by atoms with Gasteiger partial charge in [-0.25, -0.2) is 4.98 Å². The molecule has 1 rings (SSSR count). The summed E-state index contributed by atoms with van der Waals surface area (Å²) in [7, 11) is 1.99. The monoisotopic (exact) mass is 198 g/mol. The van der Waals surface area contributed by atoms with Crippen LogP contribution in [0.2, 0.25) is 0 Å². The fraction of sp³-hybridized carbons (Fsp3) is 0.556. The first kappa shape index (κ1) is 10.2. The van der Waals surface area contributed by atoms with Gasteiger partial charge in [-0.3, -0.25) is 4.79 Å². The number of hydrogen-bond donors (Lipinski definition) is 0. The van der Waals surface area contributed by atoms with Crippen LogP contribution in [0.4, 0.5) is 5.13 Å². The van der Waals surface area contributed by atoms with E-state index in [1.54, 1.807) is 6.20 Å². The average Bonchev–Trinajstić information content (AvgIpc) is 2.50. The van der Waals surface area contributed by atoms with Crippen molar-refractivity contribution < 1.29 is 4.79 Å². The Morgan fingerprint density at radius 1 is 1.69 bits per heavy atom. The summed E-state index contributed by atoms with van der Waals surface area (Å²) in [4.78, 5) is 17.3. The molecule has 0 radical (unpaired) electrons. The molecule has 1 aromatic heterocycles. The van der Waals surface area contributed by atoms with Gasteiger partial charge in [0.2, 0.25) is 0 Å². The van der Waals surface area contributed by atoms with Crippen molar-refractivity contribution in [3.63, 3.8) is 0 Å². The number of carbonyl (C=O) groups excluding carboxylic acids is 1. The molecule has 0 saturated carbocycles. The van der Waals surface area contributed by atoms with Crippen LogP contribution in [-0.2, 0) is 0 Å². The first-order chi connectivity index (χ1) is 6.13. The summed E-state index contributed by atoms with van der Waals surface area (Å²) in [5.41, 5.74) is 0. The molecule has 0 unspecified atom stereocenters. The van der Waals surface area contributed by atoms with Crippen LogP contribution in [0.15, 0.2) is 6.20 Å². The Balaban J connectivity index is 2.65. The number of carbonyl (C=O) groups is 1. The number of nitrogens with zero attached hydrogens (tertiary/aromatic N) is 2. The third kappa shape index (κ3) is 2.81. The number of rotatable bonds is 4. The maximum absolute atomic E-state index is 10.4. The molecule has 0 bridgehead atoms. The minimum Gasteiger partial charge on any atom is -0.351 e. The SMILES string of the molecule is CC(C)CN(C)c1ncc(C=O)s1. The minimum atomic E-state index is 0.605. The molecule has 0 N–H and O–H groups in total. The summed E-state index contributed by atoms with van der Waals surface area (Å²) in [6.45, 7) is 5.28. The lowest BCUT2D eigenvalue weighted by atomic mass is 10.2. The highest BCUT2D eigenvalue weighted by Crippen LogP contribution is 2.20. The summed E-state index contributed by atoms with van der Waals surface area (Å²) in [5, 5.41) is 0.913. The minimum absolute atomic E-state index is 0.605. The van der Waals surface area contributed by atoms with Gasteiger partial charge in [-0.2, -0.15) is 0 Å². The van der Waals surface area contributed by atoms with Gasteiger partial charge in [0.15, 0.2) is 11.4 Å². The lowest BCUT2D eigenvalue weighted by Crippen LogP contribution is -2.22. The Hall–Kier alpha value is -0.900. The summed E-state index contributed by atoms with van der Waals surface area (Å²) < 4.78 is 0. The summed E-state index contributed by atoms with van der Waals surface area (Å²) in [6.07, 6.45) is 2.45. The van der Waals surface area contributed by atoms with Crippen molar-refractivity contribution in [2.75, 3.05) is 18.5 Å². The molecule has 1 heterocycles. The second-order valence-electron chi connectivity index (χ2n) is 3.44. The maximum Gasteiger partial charge on any atom is 0.185 e. The van der Waals surface area contributed by atoms with Crippen LogP contribution in [-0.4, -0.2) is 24.9 Å². The van der Waals surface area contributed by atoms with Gasteiger partial charge in [-0.1, -0.05) is 25.2 Å². The van der Waals surface area contributed by atoms with Crippen molar-refractivity contribution in [2.45, 2.75) is 13.8 Å². The molecule has 1 aromatic rings. The normalized spacial score (nSPS) is 10.5. The van der Waals surface area contributed by atoms with Gasteiger partial charge >= 0.3 is 0 Å². The summed E-state index contributed by atoms with van der Waals surface area (Å²) in [6, 6.07) is 0. The topological polar surface area (TPSA) is 33.2 Å². The molecule has 0 fully saturated rings. The van der Waals surface area contributed by atoms with Gasteiger partial charge in [0.1, 0.15) is 0 Å². The Kier molecular flexibility index (Phi) is 3.42. The predicted molar refractivity (Wildman–Crippen MR) is 55.6 cm³/mol. The Morgan fingerprint density at radius 3 is 2.85 bits per heavy atom. The third-order valence-corrected chi connectivity index (χ3v) is 2.63. The van der Waals surface area contributed by atoms with Crippen LogP contribution in [0.3, 0.4) is 0 Å². The van der Waals surface area contributed by atoms with E-state index in [2.05, 4.69) is 23.7 Å². The zero-order chi connectivity index (χ0) is 9.84. The van der Waals surface area contributed by atoms with E-state index in [1.807, 2.05) is 7.05 Å². The van der Waals surface area contributed by atoms with Crippen molar-refractivity contribution in [3.05, 3.63) is 11.1 Å². The van der Waals surface area contributed by atoms with Gasteiger partial charge in [-0.15, -0.1) is 0 Å². The van der Waals surface area contributed by atoms with Crippen LogP contribution < -0.4 is 4.90 Å². The van der Waals surface area contributed by atoms with Crippen molar-refractivity contribution in [3.8, 4) is 0 Å². The second-order valence-corrected chi connectivity index (χ2v) is 4.48. The molecule has 0 spiro atoms. The van der Waals surface area contributed by atoms with E-state index < -0.39 is 0 Å². The number of hydrogen-bond acceptors (Lipinski definition) is 4. The lowest BCUT2D eigenvalue weighted by Gasteiger charge is -2.17. The molecule has 0 aromatic carbocycles. The van der Waals surface area contributed by atoms with Gasteiger partial charge < -0.3 is 4.90 Å². The fourth-order valence-electron chi connectivity index (χ4n) is 1.13. The smallest absolute Gasteiger partial charge is 0.185 e. The van der Waals surface area contributed by atoms with E-state index in [4.69, 9.17) is 0 Å². The molecule has 0 aliphatic rings. The van der Waals surface area contributed by atoms with Crippen LogP contribution in [0.5, 0.6) is 0 Å². The average molecular weight is 198 g/mol. The highest BCUT2D eigenvalue weighted by atomic mass is 32.1. The van der Waals surface area contributed by atoms with E-state index in [0.29, 0.717) is 10.8 Å². The van der Waals surface area contributed by atoms with E-state index in [-0.39, 0.29) is 0 Å².